The summed E-state index contributed by atoms with van der Waals surface area (Å²) in [5.41, 5.74) is 0. The molecule has 0 aromatic carbocycles. The second-order valence-electron chi connectivity index (χ2n) is 3.23. The number of hydrogen-bond acceptors (Lipinski definition) is 2. The van der Waals surface area contributed by atoms with Crippen LogP contribution in [0, 0.1) is 5.92 Å². The number of hydrogen-bond donors (Lipinski definition) is 0. The van der Waals surface area contributed by atoms with Crippen molar-refractivity contribution in [3.8, 4) is 5.88 Å². The Bertz CT molecular complexity index is 221. The molecule has 1 atom stereocenters. The predicted molar refractivity (Wildman–Crippen MR) is 60.5 cm³/mol. The molecular weight excluding hydrogens is 174 g/mol. The molecule has 0 saturated carbocycles. The van der Waals surface area contributed by atoms with Crippen LogP contribution in [0.2, 0.25) is 0 Å². The first-order valence-electron chi connectivity index (χ1n) is 5.28. The Morgan fingerprint density at radius 1 is 1.14 bits per heavy atom. The molecule has 0 saturated heterocycles. The highest BCUT2D eigenvalue weighted by Crippen LogP contribution is 2.11. The summed E-state index contributed by atoms with van der Waals surface area (Å²) in [4.78, 5) is 4.08. The molecule has 0 radical (unpaired) electrons. The maximum Gasteiger partial charge on any atom is 0.213 e. The van der Waals surface area contributed by atoms with E-state index in [1.165, 1.54) is 0 Å². The van der Waals surface area contributed by atoms with Gasteiger partial charge in [0.05, 0.1) is 6.10 Å². The van der Waals surface area contributed by atoms with Gasteiger partial charge < -0.3 is 4.74 Å². The smallest absolute Gasteiger partial charge is 0.213 e. The third-order valence-electron chi connectivity index (χ3n) is 1.88. The largest absolute Gasteiger partial charge is 0.474 e. The zero-order valence-corrected chi connectivity index (χ0v) is 9.82. The fourth-order valence-electron chi connectivity index (χ4n) is 0.743. The number of rotatable bonds is 3. The highest BCUT2D eigenvalue weighted by molar-refractivity contribution is 5.09. The topological polar surface area (TPSA) is 22.1 Å². The van der Waals surface area contributed by atoms with E-state index >= 15 is 0 Å². The van der Waals surface area contributed by atoms with Gasteiger partial charge in [-0.2, -0.15) is 0 Å². The predicted octanol–water partition coefficient (Wildman–Crippen LogP) is 3.53. The average Bonchev–Trinajstić information content (AvgIpc) is 2.22. The molecule has 2 heteroatoms. The first-order valence-corrected chi connectivity index (χ1v) is 5.28. The van der Waals surface area contributed by atoms with Crippen LogP contribution in [0.3, 0.4) is 0 Å². The van der Waals surface area contributed by atoms with E-state index in [4.69, 9.17) is 4.74 Å². The van der Waals surface area contributed by atoms with Gasteiger partial charge in [0.15, 0.2) is 0 Å². The van der Waals surface area contributed by atoms with Gasteiger partial charge in [-0.3, -0.25) is 0 Å². The molecule has 0 bridgehead atoms. The summed E-state index contributed by atoms with van der Waals surface area (Å²) in [7, 11) is 0. The summed E-state index contributed by atoms with van der Waals surface area (Å²) in [6, 6.07) is 5.68. The molecule has 2 nitrogen and oxygen atoms in total. The van der Waals surface area contributed by atoms with Crippen LogP contribution in [0.4, 0.5) is 0 Å². The highest BCUT2D eigenvalue weighted by atomic mass is 16.5. The van der Waals surface area contributed by atoms with Crippen LogP contribution in [0.25, 0.3) is 0 Å². The zero-order valence-electron chi connectivity index (χ0n) is 9.82. The fourth-order valence-corrected chi connectivity index (χ4v) is 0.743. The van der Waals surface area contributed by atoms with Gasteiger partial charge in [0.1, 0.15) is 0 Å². The van der Waals surface area contributed by atoms with Gasteiger partial charge in [-0.05, 0) is 18.9 Å². The molecule has 0 aliphatic heterocycles. The van der Waals surface area contributed by atoms with Crippen molar-refractivity contribution in [1.82, 2.24) is 4.98 Å². The minimum Gasteiger partial charge on any atom is -0.474 e. The van der Waals surface area contributed by atoms with E-state index in [1.54, 1.807) is 6.20 Å². The lowest BCUT2D eigenvalue weighted by atomic mass is 10.1. The molecule has 14 heavy (non-hydrogen) atoms. The van der Waals surface area contributed by atoms with E-state index in [-0.39, 0.29) is 6.10 Å². The normalized spacial score (nSPS) is 11.6. The van der Waals surface area contributed by atoms with E-state index in [0.717, 1.165) is 0 Å². The molecule has 1 rings (SSSR count). The van der Waals surface area contributed by atoms with Gasteiger partial charge in [0, 0.05) is 12.3 Å². The van der Waals surface area contributed by atoms with E-state index in [0.29, 0.717) is 11.8 Å². The quantitative estimate of drug-likeness (QED) is 0.736. The third kappa shape index (κ3) is 4.85. The molecule has 1 unspecified atom stereocenters. The van der Waals surface area contributed by atoms with Crippen molar-refractivity contribution in [2.24, 2.45) is 5.92 Å². The lowest BCUT2D eigenvalue weighted by Gasteiger charge is -2.16. The Balaban J connectivity index is 0.000000791. The molecule has 0 aliphatic carbocycles. The Morgan fingerprint density at radius 3 is 2.21 bits per heavy atom. The molecule has 0 fully saturated rings. The Morgan fingerprint density at radius 2 is 1.79 bits per heavy atom. The molecule has 80 valence electrons. The molecule has 1 aromatic rings. The Hall–Kier alpha value is -1.05. The van der Waals surface area contributed by atoms with E-state index in [1.807, 2.05) is 32.0 Å². The van der Waals surface area contributed by atoms with Crippen molar-refractivity contribution in [2.75, 3.05) is 0 Å². The van der Waals surface area contributed by atoms with E-state index in [9.17, 15) is 0 Å². The molecule has 0 aliphatic rings. The average molecular weight is 195 g/mol. The van der Waals surface area contributed by atoms with Gasteiger partial charge in [-0.15, -0.1) is 0 Å². The maximum absolute atomic E-state index is 5.56. The van der Waals surface area contributed by atoms with Gasteiger partial charge >= 0.3 is 0 Å². The van der Waals surface area contributed by atoms with Crippen LogP contribution >= 0.6 is 0 Å². The zero-order chi connectivity index (χ0) is 11.0. The standard InChI is InChI=1S/C10H15NO.C2H6/c1-8(2)9(3)12-10-6-4-5-7-11-10;1-2/h4-9H,1-3H3;1-2H3. The van der Waals surface area contributed by atoms with Gasteiger partial charge in [-0.25, -0.2) is 4.98 Å². The number of aromatic nitrogens is 1. The van der Waals surface area contributed by atoms with Crippen molar-refractivity contribution in [1.29, 1.82) is 0 Å². The SMILES string of the molecule is CC.CC(C)C(C)Oc1ccccn1. The first kappa shape index (κ1) is 12.9. The third-order valence-corrected chi connectivity index (χ3v) is 1.88. The first-order chi connectivity index (χ1) is 6.70. The monoisotopic (exact) mass is 195 g/mol. The van der Waals surface area contributed by atoms with Crippen molar-refractivity contribution < 1.29 is 4.74 Å². The number of nitrogens with zero attached hydrogens (tertiary/aromatic N) is 1. The Kier molecular flexibility index (Phi) is 6.81. The second kappa shape index (κ2) is 7.36. The van der Waals surface area contributed by atoms with Crippen molar-refractivity contribution in [2.45, 2.75) is 40.7 Å². The Labute approximate surface area is 87.3 Å². The van der Waals surface area contributed by atoms with Gasteiger partial charge in [-0.1, -0.05) is 33.8 Å². The van der Waals surface area contributed by atoms with Crippen LogP contribution in [-0.4, -0.2) is 11.1 Å². The maximum atomic E-state index is 5.56. The van der Waals surface area contributed by atoms with Crippen LogP contribution < -0.4 is 4.74 Å². The summed E-state index contributed by atoms with van der Waals surface area (Å²) >= 11 is 0. The summed E-state index contributed by atoms with van der Waals surface area (Å²) in [5, 5.41) is 0. The lowest BCUT2D eigenvalue weighted by Crippen LogP contribution is -2.18. The summed E-state index contributed by atoms with van der Waals surface area (Å²) in [6.45, 7) is 10.3. The molecule has 0 spiro atoms. The van der Waals surface area contributed by atoms with Crippen LogP contribution in [-0.2, 0) is 0 Å². The lowest BCUT2D eigenvalue weighted by molar-refractivity contribution is 0.163. The van der Waals surface area contributed by atoms with Crippen molar-refractivity contribution >= 4 is 0 Å². The second-order valence-corrected chi connectivity index (χ2v) is 3.23. The van der Waals surface area contributed by atoms with Crippen LogP contribution in [0.15, 0.2) is 24.4 Å². The molecule has 1 heterocycles. The highest BCUT2D eigenvalue weighted by Gasteiger charge is 2.08. The summed E-state index contributed by atoms with van der Waals surface area (Å²) in [6.07, 6.45) is 1.96. The molecule has 1 aromatic heterocycles. The fraction of sp³-hybridized carbons (Fsp3) is 0.583. The minimum atomic E-state index is 0.222. The van der Waals surface area contributed by atoms with Crippen LogP contribution in [0.1, 0.15) is 34.6 Å². The van der Waals surface area contributed by atoms with E-state index in [2.05, 4.69) is 25.8 Å². The van der Waals surface area contributed by atoms with Gasteiger partial charge in [0.2, 0.25) is 5.88 Å². The summed E-state index contributed by atoms with van der Waals surface area (Å²) < 4.78 is 5.56. The molecule has 0 amide bonds. The molecular formula is C12H21NO. The van der Waals surface area contributed by atoms with Gasteiger partial charge in [0.25, 0.3) is 0 Å². The number of pyridine rings is 1. The van der Waals surface area contributed by atoms with E-state index < -0.39 is 0 Å². The van der Waals surface area contributed by atoms with Crippen molar-refractivity contribution in [3.05, 3.63) is 24.4 Å². The van der Waals surface area contributed by atoms with Crippen molar-refractivity contribution in [3.63, 3.8) is 0 Å². The van der Waals surface area contributed by atoms with Crippen LogP contribution in [0.5, 0.6) is 5.88 Å². The molecule has 0 N–H and O–H groups in total. The number of ether oxygens (including phenoxy) is 1. The summed E-state index contributed by atoms with van der Waals surface area (Å²) in [5.74, 6) is 1.23. The minimum absolute atomic E-state index is 0.222.